The highest BCUT2D eigenvalue weighted by Gasteiger charge is 2.14. The number of carbonyl (C=O) groups is 1. The van der Waals surface area contributed by atoms with E-state index < -0.39 is 0 Å². The molecule has 0 unspecified atom stereocenters. The fourth-order valence-corrected chi connectivity index (χ4v) is 3.37. The number of ether oxygens (including phenoxy) is 2. The third-order valence-corrected chi connectivity index (χ3v) is 4.66. The predicted octanol–water partition coefficient (Wildman–Crippen LogP) is 4.88. The third-order valence-electron chi connectivity index (χ3n) is 2.60. The second kappa shape index (κ2) is 6.59. The van der Waals surface area contributed by atoms with Gasteiger partial charge in [-0.1, -0.05) is 13.8 Å². The highest BCUT2D eigenvalue weighted by atomic mass is 79.9. The Morgan fingerprint density at radius 2 is 2.10 bits per heavy atom. The number of esters is 1. The number of halogens is 1. The van der Waals surface area contributed by atoms with Crippen molar-refractivity contribution >= 4 is 43.3 Å². The molecule has 2 aromatic rings. The normalized spacial score (nSPS) is 11.1. The Hall–Kier alpha value is -1.07. The summed E-state index contributed by atoms with van der Waals surface area (Å²) >= 11 is 4.96. The van der Waals surface area contributed by atoms with Crippen molar-refractivity contribution in [3.8, 4) is 5.75 Å². The van der Waals surface area contributed by atoms with Gasteiger partial charge in [0.1, 0.15) is 10.6 Å². The molecule has 0 aliphatic heterocycles. The first-order chi connectivity index (χ1) is 9.51. The fourth-order valence-electron chi connectivity index (χ4n) is 1.73. The molecule has 1 aromatic carbocycles. The van der Waals surface area contributed by atoms with Gasteiger partial charge in [0.15, 0.2) is 0 Å². The Balaban J connectivity index is 2.31. The Morgan fingerprint density at radius 3 is 2.75 bits per heavy atom. The Labute approximate surface area is 131 Å². The number of thiophene rings is 1. The summed E-state index contributed by atoms with van der Waals surface area (Å²) < 4.78 is 12.7. The van der Waals surface area contributed by atoms with Crippen LogP contribution in [0.3, 0.4) is 0 Å². The van der Waals surface area contributed by atoms with E-state index in [2.05, 4.69) is 29.8 Å². The van der Waals surface area contributed by atoms with Gasteiger partial charge in [0, 0.05) is 9.17 Å². The van der Waals surface area contributed by atoms with Gasteiger partial charge in [-0.25, -0.2) is 4.79 Å². The van der Waals surface area contributed by atoms with E-state index in [4.69, 9.17) is 9.47 Å². The van der Waals surface area contributed by atoms with Crippen LogP contribution in [0.2, 0.25) is 0 Å². The largest absolute Gasteiger partial charge is 0.493 e. The first-order valence-corrected chi connectivity index (χ1v) is 8.15. The monoisotopic (exact) mass is 356 g/mol. The summed E-state index contributed by atoms with van der Waals surface area (Å²) in [4.78, 5) is 12.4. The summed E-state index contributed by atoms with van der Waals surface area (Å²) in [6.07, 6.45) is 0. The average Bonchev–Trinajstić information content (AvgIpc) is 2.81. The molecule has 0 atom stereocenters. The maximum absolute atomic E-state index is 11.8. The smallest absolute Gasteiger partial charge is 0.348 e. The molecule has 0 saturated carbocycles. The van der Waals surface area contributed by atoms with Crippen molar-refractivity contribution < 1.29 is 14.3 Å². The van der Waals surface area contributed by atoms with Gasteiger partial charge in [-0.3, -0.25) is 0 Å². The summed E-state index contributed by atoms with van der Waals surface area (Å²) in [6, 6.07) is 5.75. The number of hydrogen-bond donors (Lipinski definition) is 0. The minimum absolute atomic E-state index is 0.273. The van der Waals surface area contributed by atoms with Crippen LogP contribution in [0.25, 0.3) is 10.1 Å². The van der Waals surface area contributed by atoms with Crippen LogP contribution >= 0.6 is 27.3 Å². The van der Waals surface area contributed by atoms with E-state index in [1.807, 2.05) is 18.2 Å². The minimum Gasteiger partial charge on any atom is -0.493 e. The molecular formula is C15H17BrO3S. The fraction of sp³-hybridized carbons (Fsp3) is 0.400. The van der Waals surface area contributed by atoms with Crippen LogP contribution in [0, 0.1) is 5.92 Å². The highest BCUT2D eigenvalue weighted by molar-refractivity contribution is 9.10. The summed E-state index contributed by atoms with van der Waals surface area (Å²) in [7, 11) is 0. The van der Waals surface area contributed by atoms with E-state index in [9.17, 15) is 4.79 Å². The zero-order valence-corrected chi connectivity index (χ0v) is 14.1. The van der Waals surface area contributed by atoms with E-state index in [-0.39, 0.29) is 5.97 Å². The van der Waals surface area contributed by atoms with E-state index in [1.165, 1.54) is 11.3 Å². The lowest BCUT2D eigenvalue weighted by Gasteiger charge is -2.09. The molecule has 5 heteroatoms. The Kier molecular flexibility index (Phi) is 5.05. The number of benzene rings is 1. The molecule has 0 fully saturated rings. The second-order valence-corrected chi connectivity index (χ2v) is 6.77. The van der Waals surface area contributed by atoms with E-state index in [0.717, 1.165) is 20.3 Å². The molecule has 0 aliphatic carbocycles. The quantitative estimate of drug-likeness (QED) is 0.716. The van der Waals surface area contributed by atoms with E-state index in [0.29, 0.717) is 24.0 Å². The molecule has 0 amide bonds. The van der Waals surface area contributed by atoms with Crippen molar-refractivity contribution in [3.05, 3.63) is 27.5 Å². The second-order valence-electron chi connectivity index (χ2n) is 4.86. The van der Waals surface area contributed by atoms with Gasteiger partial charge in [0.2, 0.25) is 0 Å². The van der Waals surface area contributed by atoms with Crippen molar-refractivity contribution in [3.63, 3.8) is 0 Å². The van der Waals surface area contributed by atoms with Crippen LogP contribution in [0.15, 0.2) is 22.7 Å². The summed E-state index contributed by atoms with van der Waals surface area (Å²) in [6.45, 7) is 7.08. The van der Waals surface area contributed by atoms with Crippen LogP contribution in [0.1, 0.15) is 30.4 Å². The zero-order chi connectivity index (χ0) is 14.7. The minimum atomic E-state index is -0.273. The van der Waals surface area contributed by atoms with Crippen molar-refractivity contribution in [2.24, 2.45) is 5.92 Å². The molecule has 0 bridgehead atoms. The van der Waals surface area contributed by atoms with Gasteiger partial charge in [-0.15, -0.1) is 11.3 Å². The first-order valence-electron chi connectivity index (χ1n) is 6.54. The molecule has 20 heavy (non-hydrogen) atoms. The molecule has 0 radical (unpaired) electrons. The molecule has 3 nitrogen and oxygen atoms in total. The standard InChI is InChI=1S/C15H17BrO3S/c1-4-18-15(17)13-6-10-5-11(19-8-9(2)3)7-12(16)14(10)20-13/h5-7,9H,4,8H2,1-3H3. The predicted molar refractivity (Wildman–Crippen MR) is 85.8 cm³/mol. The molecule has 1 heterocycles. The summed E-state index contributed by atoms with van der Waals surface area (Å²) in [5, 5.41) is 0.992. The SMILES string of the molecule is CCOC(=O)c1cc2cc(OCC(C)C)cc(Br)c2s1. The van der Waals surface area contributed by atoms with E-state index in [1.54, 1.807) is 6.92 Å². The summed E-state index contributed by atoms with van der Waals surface area (Å²) in [5.74, 6) is 1.01. The molecule has 0 aliphatic rings. The van der Waals surface area contributed by atoms with Crippen LogP contribution in [-0.4, -0.2) is 19.2 Å². The van der Waals surface area contributed by atoms with Crippen molar-refractivity contribution in [1.82, 2.24) is 0 Å². The van der Waals surface area contributed by atoms with Gasteiger partial charge in [-0.05, 0) is 52.4 Å². The van der Waals surface area contributed by atoms with Crippen LogP contribution in [0.4, 0.5) is 0 Å². The number of carbonyl (C=O) groups excluding carboxylic acids is 1. The lowest BCUT2D eigenvalue weighted by molar-refractivity contribution is 0.0532. The topological polar surface area (TPSA) is 35.5 Å². The van der Waals surface area contributed by atoms with Gasteiger partial charge in [0.05, 0.1) is 13.2 Å². The van der Waals surface area contributed by atoms with Crippen LogP contribution in [-0.2, 0) is 4.74 Å². The van der Waals surface area contributed by atoms with Crippen molar-refractivity contribution in [1.29, 1.82) is 0 Å². The molecule has 2 rings (SSSR count). The number of fused-ring (bicyclic) bond motifs is 1. The Bertz CT molecular complexity index is 619. The lowest BCUT2D eigenvalue weighted by atomic mass is 10.2. The van der Waals surface area contributed by atoms with Gasteiger partial charge in [0.25, 0.3) is 0 Å². The number of rotatable bonds is 5. The average molecular weight is 357 g/mol. The molecule has 0 saturated heterocycles. The maximum Gasteiger partial charge on any atom is 0.348 e. The molecule has 1 aromatic heterocycles. The third kappa shape index (κ3) is 3.52. The summed E-state index contributed by atoms with van der Waals surface area (Å²) in [5.41, 5.74) is 0. The molecule has 108 valence electrons. The molecule has 0 spiro atoms. The van der Waals surface area contributed by atoms with E-state index >= 15 is 0 Å². The highest BCUT2D eigenvalue weighted by Crippen LogP contribution is 2.36. The first kappa shape index (κ1) is 15.3. The maximum atomic E-state index is 11.8. The lowest BCUT2D eigenvalue weighted by Crippen LogP contribution is -2.04. The van der Waals surface area contributed by atoms with Gasteiger partial charge in [-0.2, -0.15) is 0 Å². The van der Waals surface area contributed by atoms with Crippen LogP contribution in [0.5, 0.6) is 5.75 Å². The number of hydrogen-bond acceptors (Lipinski definition) is 4. The molecular weight excluding hydrogens is 340 g/mol. The van der Waals surface area contributed by atoms with Gasteiger partial charge >= 0.3 is 5.97 Å². The zero-order valence-electron chi connectivity index (χ0n) is 11.7. The van der Waals surface area contributed by atoms with Crippen LogP contribution < -0.4 is 4.74 Å². The molecule has 0 N–H and O–H groups in total. The Morgan fingerprint density at radius 1 is 1.35 bits per heavy atom. The van der Waals surface area contributed by atoms with Crippen molar-refractivity contribution in [2.75, 3.05) is 13.2 Å². The van der Waals surface area contributed by atoms with Crippen molar-refractivity contribution in [2.45, 2.75) is 20.8 Å². The van der Waals surface area contributed by atoms with Gasteiger partial charge < -0.3 is 9.47 Å².